The van der Waals surface area contributed by atoms with Crippen molar-refractivity contribution < 1.29 is 44.3 Å². The minimum absolute atomic E-state index is 0. The molecule has 0 aliphatic heterocycles. The van der Waals surface area contributed by atoms with Crippen molar-refractivity contribution in [1.82, 2.24) is 10.6 Å². The van der Waals surface area contributed by atoms with Gasteiger partial charge in [-0.15, -0.1) is 0 Å². The van der Waals surface area contributed by atoms with E-state index in [0.29, 0.717) is 26.2 Å². The largest absolute Gasteiger partial charge is 2.00 e. The molecule has 104 valence electrons. The summed E-state index contributed by atoms with van der Waals surface area (Å²) in [5.74, 6) is 0. The Hall–Kier alpha value is 0.963. The van der Waals surface area contributed by atoms with E-state index in [2.05, 4.69) is 10.6 Å². The van der Waals surface area contributed by atoms with Crippen molar-refractivity contribution in [3.05, 3.63) is 0 Å². The minimum atomic E-state index is 0. The molecule has 0 radical (unpaired) electrons. The van der Waals surface area contributed by atoms with E-state index in [1.54, 1.807) is 0 Å². The normalized spacial score (nSPS) is 7.76. The Labute approximate surface area is 130 Å². The molecule has 0 aromatic carbocycles. The molecule has 0 spiro atoms. The molecule has 17 heavy (non-hydrogen) atoms. The molecule has 0 saturated carbocycles. The second-order valence-corrected chi connectivity index (χ2v) is 2.65. The van der Waals surface area contributed by atoms with E-state index in [1.807, 2.05) is 0 Å². The average molecular weight is 343 g/mol. The topological polar surface area (TPSA) is 128 Å². The molecule has 0 aromatic heterocycles. The molecule has 0 rings (SSSR count). The summed E-state index contributed by atoms with van der Waals surface area (Å²) in [6.45, 7) is 6.27. The summed E-state index contributed by atoms with van der Waals surface area (Å²) >= 11 is 0. The summed E-state index contributed by atoms with van der Waals surface area (Å²) in [4.78, 5) is 0. The Bertz CT molecular complexity index is 76.4. The van der Waals surface area contributed by atoms with E-state index in [9.17, 15) is 0 Å². The summed E-state index contributed by atoms with van der Waals surface area (Å²) < 4.78 is 0. The molecule has 0 aromatic rings. The van der Waals surface area contributed by atoms with Gasteiger partial charge in [0.1, 0.15) is 0 Å². The molecule has 0 fully saturated rings. The van der Waals surface area contributed by atoms with Gasteiger partial charge in [0.05, 0.1) is 0 Å². The van der Waals surface area contributed by atoms with E-state index >= 15 is 0 Å². The first-order valence-electron chi connectivity index (χ1n) is 5.05. The second kappa shape index (κ2) is 36.0. The molecular weight excluding hydrogens is 316 g/mol. The van der Waals surface area contributed by atoms with Crippen LogP contribution in [0, 0.1) is 0 Å². The Kier molecular flexibility index (Phi) is 65.1. The van der Waals surface area contributed by atoms with Gasteiger partial charge in [0, 0.05) is 52.4 Å². The quantitative estimate of drug-likeness (QED) is 0.192. The van der Waals surface area contributed by atoms with Crippen molar-refractivity contribution in [2.24, 2.45) is 22.9 Å². The van der Waals surface area contributed by atoms with Gasteiger partial charge in [0.25, 0.3) is 0 Å². The summed E-state index contributed by atoms with van der Waals surface area (Å²) in [5, 5.41) is 6.07. The van der Waals surface area contributed by atoms with Crippen LogP contribution in [0.15, 0.2) is 0 Å². The van der Waals surface area contributed by atoms with Gasteiger partial charge in [-0.25, -0.2) is 0 Å². The van der Waals surface area contributed by atoms with Crippen LogP contribution >= 0.6 is 0 Å². The van der Waals surface area contributed by atoms with Crippen LogP contribution in [-0.2, 0) is 19.5 Å². The van der Waals surface area contributed by atoms with Crippen molar-refractivity contribution >= 4 is 0 Å². The van der Waals surface area contributed by atoms with Crippen LogP contribution in [0.25, 0.3) is 0 Å². The molecule has 9 heteroatoms. The van der Waals surface area contributed by atoms with Crippen LogP contribution in [-0.4, -0.2) is 52.4 Å². The van der Waals surface area contributed by atoms with Gasteiger partial charge in [-0.2, -0.15) is 0 Å². The molecule has 0 unspecified atom stereocenters. The first-order valence-corrected chi connectivity index (χ1v) is 5.05. The van der Waals surface area contributed by atoms with Crippen LogP contribution in [0.3, 0.4) is 0 Å². The Morgan fingerprint density at radius 3 is 0.824 bits per heavy atom. The molecule has 0 bridgehead atoms. The minimum Gasteiger partial charge on any atom is -1.00 e. The number of rotatable bonds is 8. The average Bonchev–Trinajstić information content (AvgIpc) is 2.21. The number of nitrogens with two attached hydrogens (primary N) is 4. The maximum atomic E-state index is 5.17. The fourth-order valence-corrected chi connectivity index (χ4v) is 0.658. The molecule has 0 aliphatic rings. The zero-order chi connectivity index (χ0) is 11.1. The van der Waals surface area contributed by atoms with Gasteiger partial charge < -0.3 is 58.4 Å². The SMILES string of the molecule is NCCNCCN.NCCNCCN.[Cl-].[Cl-].[Zn+2]. The number of nitrogens with one attached hydrogen (secondary N) is 2. The molecule has 0 heterocycles. The fourth-order valence-electron chi connectivity index (χ4n) is 0.658. The molecule has 0 amide bonds. The summed E-state index contributed by atoms with van der Waals surface area (Å²) in [7, 11) is 0. The van der Waals surface area contributed by atoms with Crippen molar-refractivity contribution in [2.45, 2.75) is 0 Å². The van der Waals surface area contributed by atoms with Gasteiger partial charge in [0.15, 0.2) is 0 Å². The van der Waals surface area contributed by atoms with Gasteiger partial charge in [0.2, 0.25) is 0 Å². The number of hydrogen-bond acceptors (Lipinski definition) is 6. The van der Waals surface area contributed by atoms with Gasteiger partial charge >= 0.3 is 19.5 Å². The van der Waals surface area contributed by atoms with E-state index in [-0.39, 0.29) is 44.3 Å². The molecule has 0 aliphatic carbocycles. The first-order chi connectivity index (χ1) is 6.83. The van der Waals surface area contributed by atoms with E-state index in [1.165, 1.54) is 0 Å². The maximum Gasteiger partial charge on any atom is 2.00 e. The predicted molar refractivity (Wildman–Crippen MR) is 62.0 cm³/mol. The molecule has 10 N–H and O–H groups in total. The van der Waals surface area contributed by atoms with E-state index in [4.69, 9.17) is 22.9 Å². The zero-order valence-electron chi connectivity index (χ0n) is 10.4. The third-order valence-electron chi connectivity index (χ3n) is 1.28. The Balaban J connectivity index is -0.0000000480. The summed E-state index contributed by atoms with van der Waals surface area (Å²) in [5.41, 5.74) is 20.7. The number of hydrogen-bond donors (Lipinski definition) is 6. The van der Waals surface area contributed by atoms with Crippen molar-refractivity contribution in [2.75, 3.05) is 52.4 Å². The molecule has 6 nitrogen and oxygen atoms in total. The first kappa shape index (κ1) is 30.8. The van der Waals surface area contributed by atoms with Gasteiger partial charge in [-0.3, -0.25) is 0 Å². The van der Waals surface area contributed by atoms with E-state index < -0.39 is 0 Å². The van der Waals surface area contributed by atoms with Crippen LogP contribution in [0.4, 0.5) is 0 Å². The third-order valence-corrected chi connectivity index (χ3v) is 1.28. The molecule has 0 saturated heterocycles. The maximum absolute atomic E-state index is 5.17. The monoisotopic (exact) mass is 340 g/mol. The van der Waals surface area contributed by atoms with Crippen LogP contribution < -0.4 is 58.4 Å². The Morgan fingerprint density at radius 2 is 0.706 bits per heavy atom. The van der Waals surface area contributed by atoms with Crippen molar-refractivity contribution in [1.29, 1.82) is 0 Å². The summed E-state index contributed by atoms with van der Waals surface area (Å²) in [6.07, 6.45) is 0. The van der Waals surface area contributed by atoms with Crippen molar-refractivity contribution in [3.63, 3.8) is 0 Å². The Morgan fingerprint density at radius 1 is 0.529 bits per heavy atom. The second-order valence-electron chi connectivity index (χ2n) is 2.65. The van der Waals surface area contributed by atoms with Gasteiger partial charge in [-0.1, -0.05) is 0 Å². The summed E-state index contributed by atoms with van der Waals surface area (Å²) in [6, 6.07) is 0. The smallest absolute Gasteiger partial charge is 1.00 e. The number of halogens is 2. The van der Waals surface area contributed by atoms with Gasteiger partial charge in [-0.05, 0) is 0 Å². The predicted octanol–water partition coefficient (Wildman–Crippen LogP) is -9.01. The fraction of sp³-hybridized carbons (Fsp3) is 1.00. The van der Waals surface area contributed by atoms with Crippen LogP contribution in [0.2, 0.25) is 0 Å². The van der Waals surface area contributed by atoms with Crippen LogP contribution in [0.1, 0.15) is 0 Å². The van der Waals surface area contributed by atoms with E-state index in [0.717, 1.165) is 26.2 Å². The standard InChI is InChI=1S/2C4H13N3.2ClH.Zn/c2*5-1-3-7-4-2-6;;;/h2*7H,1-6H2;2*1H;/q;;;;+2/p-2. The zero-order valence-corrected chi connectivity index (χ0v) is 14.9. The van der Waals surface area contributed by atoms with Crippen LogP contribution in [0.5, 0.6) is 0 Å². The molecule has 0 atom stereocenters. The van der Waals surface area contributed by atoms with Crippen molar-refractivity contribution in [3.8, 4) is 0 Å². The third kappa shape index (κ3) is 47.3. The molecular formula is C8H26Cl2N6Zn.